The fourth-order valence-electron chi connectivity index (χ4n) is 7.61. The molecule has 0 spiro atoms. The van der Waals surface area contributed by atoms with Crippen LogP contribution in [-0.4, -0.2) is 62.3 Å². The summed E-state index contributed by atoms with van der Waals surface area (Å²) in [4.78, 5) is 25.9. The maximum atomic E-state index is 14.6. The Morgan fingerprint density at radius 2 is 1.37 bits per heavy atom. The van der Waals surface area contributed by atoms with Gasteiger partial charge in [0.1, 0.15) is 10.6 Å². The standard InChI is InChI=1S/C34H38F7NO6S/c35-27-14-16-28(17-15-27)49(46,47)31(18-19-42(21-31)29(43)23-6-8-24(9-7-23)30(44)45)25-10-12-26(13-11-25)32(33(36,37)38,34(39,40)41)48-20-22-4-2-1-3-5-22/h10-17,22-24H,1-9,18-21H2,(H,44,45)/t23-,24-,31-/m0/s1. The highest BCUT2D eigenvalue weighted by molar-refractivity contribution is 7.92. The van der Waals surface area contributed by atoms with Gasteiger partial charge in [-0.3, -0.25) is 9.59 Å². The quantitative estimate of drug-likeness (QED) is 0.212. The average molecular weight is 722 g/mol. The first-order valence-corrected chi connectivity index (χ1v) is 17.8. The largest absolute Gasteiger partial charge is 0.481 e. The minimum atomic E-state index is -5.92. The summed E-state index contributed by atoms with van der Waals surface area (Å²) in [6.07, 6.45) is -8.02. The van der Waals surface area contributed by atoms with Gasteiger partial charge in [0, 0.05) is 24.6 Å². The molecule has 2 aliphatic carbocycles. The van der Waals surface area contributed by atoms with Gasteiger partial charge in [0.2, 0.25) is 5.91 Å². The highest BCUT2D eigenvalue weighted by atomic mass is 32.2. The Balaban J connectivity index is 1.53. The normalized spacial score (nSPS) is 24.6. The lowest BCUT2D eigenvalue weighted by Gasteiger charge is -2.39. The van der Waals surface area contributed by atoms with Crippen LogP contribution in [0.2, 0.25) is 0 Å². The van der Waals surface area contributed by atoms with Crippen molar-refractivity contribution >= 4 is 21.7 Å². The molecule has 1 heterocycles. The van der Waals surface area contributed by atoms with Gasteiger partial charge in [-0.25, -0.2) is 12.8 Å². The van der Waals surface area contributed by atoms with E-state index < -0.39 is 86.7 Å². The molecule has 2 saturated carbocycles. The van der Waals surface area contributed by atoms with Gasteiger partial charge in [-0.2, -0.15) is 26.3 Å². The first kappa shape index (κ1) is 37.1. The molecule has 0 unspecified atom stereocenters. The van der Waals surface area contributed by atoms with Crippen molar-refractivity contribution in [2.45, 2.75) is 91.8 Å². The SMILES string of the molecule is O=C(O)[C@H]1CC[C@H](C(=O)N2CC[C@](c3ccc(C(OCC4CCCCC4)(C(F)(F)F)C(F)(F)F)cc3)(S(=O)(=O)c3ccc(F)cc3)C2)CC1. The van der Waals surface area contributed by atoms with E-state index in [9.17, 15) is 53.8 Å². The number of benzene rings is 2. The fraction of sp³-hybridized carbons (Fsp3) is 0.588. The van der Waals surface area contributed by atoms with Crippen LogP contribution in [0.5, 0.6) is 0 Å². The molecule has 3 aliphatic rings. The van der Waals surface area contributed by atoms with Gasteiger partial charge >= 0.3 is 18.3 Å². The number of rotatable bonds is 9. The summed E-state index contributed by atoms with van der Waals surface area (Å²) in [6, 6.07) is 6.80. The van der Waals surface area contributed by atoms with Crippen LogP contribution in [0.15, 0.2) is 53.4 Å². The number of carbonyl (C=O) groups excluding carboxylic acids is 1. The zero-order valence-corrected chi connectivity index (χ0v) is 27.3. The molecule has 2 aromatic carbocycles. The number of carboxylic acid groups (broad SMARTS) is 1. The summed E-state index contributed by atoms with van der Waals surface area (Å²) in [7, 11) is -4.53. The molecule has 1 N–H and O–H groups in total. The van der Waals surface area contributed by atoms with Crippen LogP contribution in [0.4, 0.5) is 30.7 Å². The van der Waals surface area contributed by atoms with Gasteiger partial charge in [0.25, 0.3) is 5.60 Å². The average Bonchev–Trinajstić information content (AvgIpc) is 3.52. The van der Waals surface area contributed by atoms with Crippen molar-refractivity contribution in [3.8, 4) is 0 Å². The number of likely N-dealkylation sites (tertiary alicyclic amines) is 1. The van der Waals surface area contributed by atoms with Crippen LogP contribution in [0.3, 0.4) is 0 Å². The van der Waals surface area contributed by atoms with Crippen LogP contribution in [0.1, 0.15) is 75.3 Å². The lowest BCUT2D eigenvalue weighted by Crippen LogP contribution is -2.56. The van der Waals surface area contributed by atoms with Crippen LogP contribution in [0.25, 0.3) is 0 Å². The van der Waals surface area contributed by atoms with Gasteiger partial charge in [0.05, 0.1) is 17.4 Å². The lowest BCUT2D eigenvalue weighted by atomic mass is 9.81. The predicted octanol–water partition coefficient (Wildman–Crippen LogP) is 7.54. The number of amides is 1. The second kappa shape index (κ2) is 13.8. The second-order valence-corrected chi connectivity index (χ2v) is 15.7. The summed E-state index contributed by atoms with van der Waals surface area (Å²) >= 11 is 0. The molecule has 7 nitrogen and oxygen atoms in total. The second-order valence-electron chi connectivity index (χ2n) is 13.4. The highest BCUT2D eigenvalue weighted by Gasteiger charge is 2.73. The van der Waals surface area contributed by atoms with E-state index in [1.54, 1.807) is 0 Å². The maximum Gasteiger partial charge on any atom is 0.430 e. The van der Waals surface area contributed by atoms with E-state index >= 15 is 0 Å². The Morgan fingerprint density at radius 1 is 0.816 bits per heavy atom. The number of nitrogens with zero attached hydrogens (tertiary/aromatic N) is 1. The molecule has 49 heavy (non-hydrogen) atoms. The molecule has 270 valence electrons. The molecule has 1 amide bonds. The summed E-state index contributed by atoms with van der Waals surface area (Å²) in [5, 5.41) is 9.31. The summed E-state index contributed by atoms with van der Waals surface area (Å²) in [5.41, 5.74) is -6.08. The molecule has 3 fully saturated rings. The number of carboxylic acids is 1. The molecular weight excluding hydrogens is 683 g/mol. The number of halogens is 7. The maximum absolute atomic E-state index is 14.6. The molecule has 0 aromatic heterocycles. The Labute approximate surface area is 279 Å². The minimum Gasteiger partial charge on any atom is -0.481 e. The molecule has 0 bridgehead atoms. The van der Waals surface area contributed by atoms with Crippen molar-refractivity contribution in [2.24, 2.45) is 17.8 Å². The van der Waals surface area contributed by atoms with Crippen LogP contribution < -0.4 is 0 Å². The first-order chi connectivity index (χ1) is 22.9. The number of hydrogen-bond donors (Lipinski definition) is 1. The van der Waals surface area contributed by atoms with Crippen molar-refractivity contribution in [2.75, 3.05) is 19.7 Å². The van der Waals surface area contributed by atoms with E-state index in [0.29, 0.717) is 37.8 Å². The first-order valence-electron chi connectivity index (χ1n) is 16.3. The van der Waals surface area contributed by atoms with Gasteiger partial charge in [-0.05, 0) is 80.7 Å². The molecule has 1 saturated heterocycles. The number of hydrogen-bond acceptors (Lipinski definition) is 5. The van der Waals surface area contributed by atoms with Gasteiger partial charge in [-0.1, -0.05) is 43.5 Å². The molecule has 1 aliphatic heterocycles. The molecule has 2 aromatic rings. The highest BCUT2D eigenvalue weighted by Crippen LogP contribution is 2.54. The van der Waals surface area contributed by atoms with E-state index in [2.05, 4.69) is 0 Å². The number of carbonyl (C=O) groups is 2. The van der Waals surface area contributed by atoms with Crippen molar-refractivity contribution in [1.82, 2.24) is 4.90 Å². The molecular formula is C34H38F7NO6S. The topological polar surface area (TPSA) is 101 Å². The van der Waals surface area contributed by atoms with E-state index in [4.69, 9.17) is 4.74 Å². The predicted molar refractivity (Wildman–Crippen MR) is 162 cm³/mol. The molecule has 15 heteroatoms. The van der Waals surface area contributed by atoms with Crippen molar-refractivity contribution in [3.63, 3.8) is 0 Å². The lowest BCUT2D eigenvalue weighted by molar-refractivity contribution is -0.391. The third-order valence-corrected chi connectivity index (χ3v) is 13.0. The molecule has 0 radical (unpaired) electrons. The van der Waals surface area contributed by atoms with E-state index in [1.807, 2.05) is 0 Å². The van der Waals surface area contributed by atoms with Crippen LogP contribution >= 0.6 is 0 Å². The number of aliphatic carboxylic acids is 1. The smallest absolute Gasteiger partial charge is 0.430 e. The third kappa shape index (κ3) is 6.93. The van der Waals surface area contributed by atoms with E-state index in [0.717, 1.165) is 42.8 Å². The minimum absolute atomic E-state index is 0.0978. The zero-order valence-electron chi connectivity index (χ0n) is 26.5. The summed E-state index contributed by atoms with van der Waals surface area (Å²) in [5.74, 6) is -3.79. The van der Waals surface area contributed by atoms with Gasteiger partial charge in [-0.15, -0.1) is 0 Å². The summed E-state index contributed by atoms with van der Waals surface area (Å²) in [6.45, 7) is -1.33. The Kier molecular flexibility index (Phi) is 10.5. The fourth-order valence-corrected chi connectivity index (χ4v) is 9.68. The zero-order chi connectivity index (χ0) is 35.8. The Morgan fingerprint density at radius 3 is 1.90 bits per heavy atom. The molecule has 5 rings (SSSR count). The Bertz CT molecular complexity index is 1580. The van der Waals surface area contributed by atoms with Crippen molar-refractivity contribution in [3.05, 3.63) is 65.5 Å². The van der Waals surface area contributed by atoms with E-state index in [1.165, 1.54) is 4.90 Å². The van der Waals surface area contributed by atoms with Crippen LogP contribution in [-0.2, 0) is 34.5 Å². The third-order valence-electron chi connectivity index (χ3n) is 10.5. The summed E-state index contributed by atoms with van der Waals surface area (Å²) < 4.78 is 133. The van der Waals surface area contributed by atoms with Crippen molar-refractivity contribution < 1.29 is 58.6 Å². The van der Waals surface area contributed by atoms with E-state index in [-0.39, 0.29) is 49.1 Å². The van der Waals surface area contributed by atoms with Gasteiger partial charge < -0.3 is 14.7 Å². The number of sulfone groups is 1. The monoisotopic (exact) mass is 721 g/mol. The number of ether oxygens (including phenoxy) is 1. The Hall–Kier alpha value is -3.20. The van der Waals surface area contributed by atoms with Crippen LogP contribution in [0, 0.1) is 23.6 Å². The number of alkyl halides is 6. The van der Waals surface area contributed by atoms with Gasteiger partial charge in [0.15, 0.2) is 9.84 Å². The molecule has 1 atom stereocenters. The van der Waals surface area contributed by atoms with Crippen molar-refractivity contribution in [1.29, 1.82) is 0 Å².